The van der Waals surface area contributed by atoms with E-state index < -0.39 is 5.82 Å². The van der Waals surface area contributed by atoms with Crippen LogP contribution >= 0.6 is 0 Å². The maximum absolute atomic E-state index is 14.0. The number of benzene rings is 3. The molecule has 6 nitrogen and oxygen atoms in total. The van der Waals surface area contributed by atoms with Crippen LogP contribution in [-0.4, -0.2) is 53.7 Å². The van der Waals surface area contributed by atoms with Crippen molar-refractivity contribution in [2.24, 2.45) is 0 Å². The summed E-state index contributed by atoms with van der Waals surface area (Å²) in [5, 5.41) is 2.81. The van der Waals surface area contributed by atoms with E-state index in [-0.39, 0.29) is 23.3 Å². The quantitative estimate of drug-likeness (QED) is 0.658. The van der Waals surface area contributed by atoms with E-state index in [0.29, 0.717) is 49.4 Å². The highest BCUT2D eigenvalue weighted by molar-refractivity contribution is 6.04. The van der Waals surface area contributed by atoms with E-state index in [1.807, 2.05) is 6.07 Å². The number of hydrogen-bond acceptors (Lipinski definition) is 3. The first-order chi connectivity index (χ1) is 16.0. The van der Waals surface area contributed by atoms with Gasteiger partial charge in [-0.25, -0.2) is 4.39 Å². The van der Waals surface area contributed by atoms with E-state index in [4.69, 9.17) is 0 Å². The molecule has 3 aromatic carbocycles. The van der Waals surface area contributed by atoms with Crippen molar-refractivity contribution < 1.29 is 18.8 Å². The molecule has 1 aliphatic heterocycles. The Hall–Kier alpha value is -4.00. The van der Waals surface area contributed by atoms with Gasteiger partial charge in [0.15, 0.2) is 0 Å². The average molecular weight is 445 g/mol. The molecule has 3 amide bonds. The van der Waals surface area contributed by atoms with Crippen molar-refractivity contribution >= 4 is 23.4 Å². The smallest absolute Gasteiger partial charge is 0.256 e. The maximum atomic E-state index is 14.0. The van der Waals surface area contributed by atoms with Crippen molar-refractivity contribution in [2.45, 2.75) is 6.42 Å². The fourth-order valence-electron chi connectivity index (χ4n) is 3.80. The summed E-state index contributed by atoms with van der Waals surface area (Å²) in [7, 11) is 0. The van der Waals surface area contributed by atoms with Gasteiger partial charge in [0.25, 0.3) is 17.7 Å². The Kier molecular flexibility index (Phi) is 6.78. The highest BCUT2D eigenvalue weighted by Crippen LogP contribution is 2.16. The number of halogens is 1. The Labute approximate surface area is 191 Å². The van der Waals surface area contributed by atoms with Gasteiger partial charge in [0.2, 0.25) is 0 Å². The number of carbonyl (C=O) groups excluding carboxylic acids is 3. The van der Waals surface area contributed by atoms with Crippen LogP contribution in [-0.2, 0) is 0 Å². The molecule has 1 fully saturated rings. The van der Waals surface area contributed by atoms with E-state index in [1.165, 1.54) is 12.1 Å². The third kappa shape index (κ3) is 5.26. The number of rotatable bonds is 4. The van der Waals surface area contributed by atoms with Crippen LogP contribution in [0.3, 0.4) is 0 Å². The molecule has 1 aliphatic rings. The van der Waals surface area contributed by atoms with Crippen LogP contribution in [0.15, 0.2) is 78.9 Å². The molecule has 0 aromatic heterocycles. The molecule has 1 saturated heterocycles. The van der Waals surface area contributed by atoms with Crippen LogP contribution < -0.4 is 5.32 Å². The highest BCUT2D eigenvalue weighted by Gasteiger charge is 2.24. The van der Waals surface area contributed by atoms with Crippen LogP contribution in [0.1, 0.15) is 37.5 Å². The van der Waals surface area contributed by atoms with Gasteiger partial charge < -0.3 is 15.1 Å². The fourth-order valence-corrected chi connectivity index (χ4v) is 3.80. The van der Waals surface area contributed by atoms with E-state index >= 15 is 0 Å². The monoisotopic (exact) mass is 445 g/mol. The standard InChI is InChI=1S/C26H24FN3O3/c27-23-10-5-4-9-22(23)26(33)30-16-6-15-29(17-18-30)25(32)20-11-13-21(14-12-20)28-24(31)19-7-2-1-3-8-19/h1-5,7-14H,6,15-18H2,(H,28,31). The van der Waals surface area contributed by atoms with Crippen LogP contribution in [0.5, 0.6) is 0 Å². The van der Waals surface area contributed by atoms with Crippen LogP contribution in [0.2, 0.25) is 0 Å². The number of nitrogens with zero attached hydrogens (tertiary/aromatic N) is 2. The van der Waals surface area contributed by atoms with E-state index in [2.05, 4.69) is 5.32 Å². The summed E-state index contributed by atoms with van der Waals surface area (Å²) in [5.41, 5.74) is 1.70. The Morgan fingerprint density at radius 3 is 1.94 bits per heavy atom. The molecule has 3 aromatic rings. The number of nitrogens with one attached hydrogen (secondary N) is 1. The Bertz CT molecular complexity index is 1150. The van der Waals surface area contributed by atoms with Gasteiger partial charge in [0.1, 0.15) is 5.82 Å². The summed E-state index contributed by atoms with van der Waals surface area (Å²) in [5.74, 6) is -1.27. The maximum Gasteiger partial charge on any atom is 0.256 e. The van der Waals surface area contributed by atoms with Gasteiger partial charge in [-0.2, -0.15) is 0 Å². The van der Waals surface area contributed by atoms with Gasteiger partial charge in [-0.15, -0.1) is 0 Å². The van der Waals surface area contributed by atoms with Crippen molar-refractivity contribution in [3.05, 3.63) is 101 Å². The third-order valence-electron chi connectivity index (χ3n) is 5.60. The summed E-state index contributed by atoms with van der Waals surface area (Å²) < 4.78 is 14.0. The number of anilines is 1. The minimum absolute atomic E-state index is 0.0467. The Morgan fingerprint density at radius 2 is 1.27 bits per heavy atom. The zero-order valence-electron chi connectivity index (χ0n) is 18.0. The van der Waals surface area contributed by atoms with Gasteiger partial charge in [-0.05, 0) is 55.0 Å². The second-order valence-corrected chi connectivity index (χ2v) is 7.82. The summed E-state index contributed by atoms with van der Waals surface area (Å²) in [4.78, 5) is 41.3. The van der Waals surface area contributed by atoms with Gasteiger partial charge in [-0.1, -0.05) is 30.3 Å². The van der Waals surface area contributed by atoms with E-state index in [1.54, 1.807) is 70.5 Å². The molecular formula is C26H24FN3O3. The van der Waals surface area contributed by atoms with Crippen molar-refractivity contribution in [3.63, 3.8) is 0 Å². The molecule has 0 saturated carbocycles. The topological polar surface area (TPSA) is 69.7 Å². The zero-order valence-corrected chi connectivity index (χ0v) is 18.0. The Balaban J connectivity index is 1.37. The molecule has 1 heterocycles. The predicted octanol–water partition coefficient (Wildman–Crippen LogP) is 4.07. The van der Waals surface area contributed by atoms with E-state index in [9.17, 15) is 18.8 Å². The van der Waals surface area contributed by atoms with Crippen molar-refractivity contribution in [3.8, 4) is 0 Å². The molecule has 7 heteroatoms. The van der Waals surface area contributed by atoms with Gasteiger partial charge in [0, 0.05) is 43.0 Å². The molecule has 0 unspecified atom stereocenters. The molecule has 0 aliphatic carbocycles. The molecule has 33 heavy (non-hydrogen) atoms. The van der Waals surface area contributed by atoms with E-state index in [0.717, 1.165) is 0 Å². The van der Waals surface area contributed by atoms with Crippen LogP contribution in [0.25, 0.3) is 0 Å². The molecular weight excluding hydrogens is 421 g/mol. The SMILES string of the molecule is O=C(Nc1ccc(C(=O)N2CCCN(C(=O)c3ccccc3F)CC2)cc1)c1ccccc1. The van der Waals surface area contributed by atoms with Crippen molar-refractivity contribution in [1.82, 2.24) is 9.80 Å². The second-order valence-electron chi connectivity index (χ2n) is 7.82. The first-order valence-corrected chi connectivity index (χ1v) is 10.8. The third-order valence-corrected chi connectivity index (χ3v) is 5.60. The van der Waals surface area contributed by atoms with Gasteiger partial charge in [-0.3, -0.25) is 14.4 Å². The van der Waals surface area contributed by atoms with Crippen molar-refractivity contribution in [1.29, 1.82) is 0 Å². The van der Waals surface area contributed by atoms with Crippen LogP contribution in [0.4, 0.5) is 10.1 Å². The van der Waals surface area contributed by atoms with Crippen molar-refractivity contribution in [2.75, 3.05) is 31.5 Å². The largest absolute Gasteiger partial charge is 0.337 e. The molecule has 1 N–H and O–H groups in total. The predicted molar refractivity (Wildman–Crippen MR) is 124 cm³/mol. The zero-order chi connectivity index (χ0) is 23.2. The lowest BCUT2D eigenvalue weighted by Crippen LogP contribution is -2.37. The summed E-state index contributed by atoms with van der Waals surface area (Å²) in [6, 6.07) is 21.6. The summed E-state index contributed by atoms with van der Waals surface area (Å²) >= 11 is 0. The molecule has 0 bridgehead atoms. The molecule has 0 spiro atoms. The summed E-state index contributed by atoms with van der Waals surface area (Å²) in [6.45, 7) is 1.67. The summed E-state index contributed by atoms with van der Waals surface area (Å²) in [6.07, 6.45) is 0.608. The van der Waals surface area contributed by atoms with Gasteiger partial charge in [0.05, 0.1) is 5.56 Å². The normalized spacial score (nSPS) is 13.8. The first kappa shape index (κ1) is 22.2. The number of hydrogen-bond donors (Lipinski definition) is 1. The Morgan fingerprint density at radius 1 is 0.667 bits per heavy atom. The molecule has 168 valence electrons. The molecule has 4 rings (SSSR count). The van der Waals surface area contributed by atoms with Gasteiger partial charge >= 0.3 is 0 Å². The fraction of sp³-hybridized carbons (Fsp3) is 0.192. The lowest BCUT2D eigenvalue weighted by molar-refractivity contribution is 0.0716. The minimum atomic E-state index is -0.542. The lowest BCUT2D eigenvalue weighted by atomic mass is 10.1. The highest BCUT2D eigenvalue weighted by atomic mass is 19.1. The number of amides is 3. The van der Waals surface area contributed by atoms with Crippen LogP contribution in [0, 0.1) is 5.82 Å². The average Bonchev–Trinajstić information content (AvgIpc) is 3.11. The second kappa shape index (κ2) is 10.1. The molecule has 0 radical (unpaired) electrons. The lowest BCUT2D eigenvalue weighted by Gasteiger charge is -2.22. The number of carbonyl (C=O) groups is 3. The first-order valence-electron chi connectivity index (χ1n) is 10.8. The minimum Gasteiger partial charge on any atom is -0.337 e. The molecule has 0 atom stereocenters.